The number of cyclic esters (lactones) is 1. The van der Waals surface area contributed by atoms with Crippen LogP contribution in [0.2, 0.25) is 0 Å². The van der Waals surface area contributed by atoms with Crippen LogP contribution < -0.4 is 0 Å². The van der Waals surface area contributed by atoms with Crippen molar-refractivity contribution in [3.63, 3.8) is 0 Å². The average Bonchev–Trinajstić information content (AvgIpc) is 2.10. The second-order valence-electron chi connectivity index (χ2n) is 3.70. The maximum absolute atomic E-state index is 11.2. The normalized spacial score (nSPS) is 20.5. The summed E-state index contributed by atoms with van der Waals surface area (Å²) in [6.07, 6.45) is -0.552. The molecule has 1 amide bonds. The molecule has 86 valence electrons. The number of carbonyl (C=O) groups is 2. The Bertz CT molecular complexity index is 279. The van der Waals surface area contributed by atoms with Crippen LogP contribution in [0.25, 0.3) is 0 Å². The highest BCUT2D eigenvalue weighted by molar-refractivity contribution is 7.99. The summed E-state index contributed by atoms with van der Waals surface area (Å²) in [6.45, 7) is 5.31. The van der Waals surface area contributed by atoms with Gasteiger partial charge in [0.1, 0.15) is 6.04 Å². The van der Waals surface area contributed by atoms with Crippen LogP contribution >= 0.6 is 11.8 Å². The third-order valence-corrected chi connectivity index (χ3v) is 3.15. The van der Waals surface area contributed by atoms with Gasteiger partial charge < -0.3 is 9.84 Å². The molecule has 0 aliphatic carbocycles. The van der Waals surface area contributed by atoms with E-state index < -0.39 is 23.8 Å². The molecule has 0 spiro atoms. The number of nitrogens with zero attached hydrogens (tertiary/aromatic N) is 1. The number of amides is 1. The molecule has 1 heterocycles. The summed E-state index contributed by atoms with van der Waals surface area (Å²) in [5.41, 5.74) is -0.797. The first kappa shape index (κ1) is 12.2. The number of carboxylic acid groups (broad SMARTS) is 1. The topological polar surface area (TPSA) is 66.8 Å². The Morgan fingerprint density at radius 1 is 1.67 bits per heavy atom. The van der Waals surface area contributed by atoms with Gasteiger partial charge in [-0.05, 0) is 19.6 Å². The van der Waals surface area contributed by atoms with Crippen LogP contribution in [0.15, 0.2) is 0 Å². The average molecular weight is 233 g/mol. The van der Waals surface area contributed by atoms with Gasteiger partial charge in [-0.2, -0.15) is 11.8 Å². The van der Waals surface area contributed by atoms with Crippen molar-refractivity contribution in [2.24, 2.45) is 0 Å². The molecule has 1 N–H and O–H groups in total. The van der Waals surface area contributed by atoms with Gasteiger partial charge in [0.15, 0.2) is 5.72 Å². The fourth-order valence-electron chi connectivity index (χ4n) is 1.48. The zero-order chi connectivity index (χ0) is 11.6. The summed E-state index contributed by atoms with van der Waals surface area (Å²) >= 11 is 1.49. The van der Waals surface area contributed by atoms with Gasteiger partial charge in [-0.3, -0.25) is 4.90 Å². The summed E-state index contributed by atoms with van der Waals surface area (Å²) < 4.78 is 4.86. The van der Waals surface area contributed by atoms with Crippen LogP contribution in [0, 0.1) is 0 Å². The minimum absolute atomic E-state index is 0.393. The molecular weight excluding hydrogens is 218 g/mol. The van der Waals surface area contributed by atoms with E-state index in [0.717, 1.165) is 5.75 Å². The van der Waals surface area contributed by atoms with Crippen molar-refractivity contribution in [2.75, 3.05) is 11.5 Å². The summed E-state index contributed by atoms with van der Waals surface area (Å²) in [4.78, 5) is 23.5. The number of ether oxygens (including phenoxy) is 1. The van der Waals surface area contributed by atoms with E-state index >= 15 is 0 Å². The van der Waals surface area contributed by atoms with Crippen LogP contribution in [0.3, 0.4) is 0 Å². The van der Waals surface area contributed by atoms with Gasteiger partial charge >= 0.3 is 12.1 Å². The summed E-state index contributed by atoms with van der Waals surface area (Å²) in [5.74, 6) is 0.234. The molecule has 1 atom stereocenters. The van der Waals surface area contributed by atoms with Crippen molar-refractivity contribution in [1.29, 1.82) is 0 Å². The van der Waals surface area contributed by atoms with Gasteiger partial charge in [0, 0.05) is 5.75 Å². The molecule has 1 saturated heterocycles. The first-order valence-corrected chi connectivity index (χ1v) is 5.88. The third-order valence-electron chi connectivity index (χ3n) is 2.19. The van der Waals surface area contributed by atoms with Crippen LogP contribution in [0.1, 0.15) is 20.8 Å². The Hall–Kier alpha value is -0.910. The summed E-state index contributed by atoms with van der Waals surface area (Å²) in [5, 5.41) is 9.02. The molecule has 1 aliphatic heterocycles. The maximum atomic E-state index is 11.2. The van der Waals surface area contributed by atoms with E-state index in [0.29, 0.717) is 5.75 Å². The highest BCUT2D eigenvalue weighted by Gasteiger charge is 2.51. The van der Waals surface area contributed by atoms with Crippen molar-refractivity contribution in [3.05, 3.63) is 0 Å². The lowest BCUT2D eigenvalue weighted by molar-refractivity contribution is -0.188. The number of carbonyl (C=O) groups excluding carboxylic acids is 1. The van der Waals surface area contributed by atoms with Gasteiger partial charge in [0.2, 0.25) is 0 Å². The largest absolute Gasteiger partial charge is 0.480 e. The SMILES string of the molecule is CCSCC(C(=O)O)N1C(=O)OC1(C)C. The van der Waals surface area contributed by atoms with E-state index in [-0.39, 0.29) is 0 Å². The molecule has 1 unspecified atom stereocenters. The molecule has 0 bridgehead atoms. The minimum atomic E-state index is -0.985. The van der Waals surface area contributed by atoms with E-state index in [1.54, 1.807) is 13.8 Å². The fourth-order valence-corrected chi connectivity index (χ4v) is 2.23. The lowest BCUT2D eigenvalue weighted by Crippen LogP contribution is -2.67. The van der Waals surface area contributed by atoms with Gasteiger partial charge in [-0.1, -0.05) is 6.92 Å². The first-order valence-electron chi connectivity index (χ1n) is 4.73. The molecule has 15 heavy (non-hydrogen) atoms. The fraction of sp³-hybridized carbons (Fsp3) is 0.778. The van der Waals surface area contributed by atoms with Crippen LogP contribution in [-0.2, 0) is 9.53 Å². The number of hydrogen-bond donors (Lipinski definition) is 1. The quantitative estimate of drug-likeness (QED) is 0.777. The lowest BCUT2D eigenvalue weighted by atomic mass is 10.1. The van der Waals surface area contributed by atoms with E-state index in [9.17, 15) is 9.59 Å². The number of hydrogen-bond acceptors (Lipinski definition) is 4. The summed E-state index contributed by atoms with van der Waals surface area (Å²) in [7, 11) is 0. The van der Waals surface area contributed by atoms with Gasteiger partial charge in [0.25, 0.3) is 0 Å². The smallest absolute Gasteiger partial charge is 0.415 e. The standard InChI is InChI=1S/C9H15NO4S/c1-4-15-5-6(7(11)12)10-8(13)14-9(10,2)3/h6H,4-5H2,1-3H3,(H,11,12). The van der Waals surface area contributed by atoms with Crippen molar-refractivity contribution in [2.45, 2.75) is 32.5 Å². The molecule has 0 radical (unpaired) electrons. The van der Waals surface area contributed by atoms with Crippen LogP contribution in [0.4, 0.5) is 4.79 Å². The predicted molar refractivity (Wildman–Crippen MR) is 56.8 cm³/mol. The van der Waals surface area contributed by atoms with E-state index in [1.807, 2.05) is 6.92 Å². The zero-order valence-corrected chi connectivity index (χ0v) is 9.84. The second-order valence-corrected chi connectivity index (χ2v) is 5.02. The van der Waals surface area contributed by atoms with Crippen molar-refractivity contribution < 1.29 is 19.4 Å². The Labute approximate surface area is 92.8 Å². The van der Waals surface area contributed by atoms with E-state index in [1.165, 1.54) is 16.7 Å². The zero-order valence-electron chi connectivity index (χ0n) is 9.02. The highest BCUT2D eigenvalue weighted by Crippen LogP contribution is 2.32. The van der Waals surface area contributed by atoms with E-state index in [2.05, 4.69) is 0 Å². The first-order chi connectivity index (χ1) is 6.90. The number of carboxylic acids is 1. The Balaban J connectivity index is 2.71. The third kappa shape index (κ3) is 2.37. The summed E-state index contributed by atoms with van der Waals surface area (Å²) in [6, 6.07) is -0.800. The monoisotopic (exact) mass is 233 g/mol. The second kappa shape index (κ2) is 4.30. The van der Waals surface area contributed by atoms with Gasteiger partial charge in [-0.15, -0.1) is 0 Å². The van der Waals surface area contributed by atoms with Gasteiger partial charge in [0.05, 0.1) is 0 Å². The van der Waals surface area contributed by atoms with Crippen molar-refractivity contribution in [1.82, 2.24) is 4.90 Å². The van der Waals surface area contributed by atoms with Crippen molar-refractivity contribution in [3.8, 4) is 0 Å². The van der Waals surface area contributed by atoms with E-state index in [4.69, 9.17) is 9.84 Å². The maximum Gasteiger partial charge on any atom is 0.415 e. The molecule has 0 aromatic heterocycles. The highest BCUT2D eigenvalue weighted by atomic mass is 32.2. The molecule has 0 saturated carbocycles. The molecule has 1 aliphatic rings. The number of aliphatic carboxylic acids is 1. The Morgan fingerprint density at radius 3 is 2.60 bits per heavy atom. The Morgan fingerprint density at radius 2 is 2.27 bits per heavy atom. The molecule has 0 aromatic rings. The molecule has 1 fully saturated rings. The van der Waals surface area contributed by atoms with Crippen LogP contribution in [0.5, 0.6) is 0 Å². The Kier molecular flexibility index (Phi) is 3.49. The van der Waals surface area contributed by atoms with Crippen molar-refractivity contribution >= 4 is 23.8 Å². The number of thioether (sulfide) groups is 1. The molecule has 5 nitrogen and oxygen atoms in total. The van der Waals surface area contributed by atoms with Crippen LogP contribution in [-0.4, -0.2) is 45.3 Å². The van der Waals surface area contributed by atoms with Gasteiger partial charge in [-0.25, -0.2) is 9.59 Å². The molecule has 0 aromatic carbocycles. The lowest BCUT2D eigenvalue weighted by Gasteiger charge is -2.48. The predicted octanol–water partition coefficient (Wildman–Crippen LogP) is 1.38. The number of rotatable bonds is 5. The molecule has 6 heteroatoms. The minimum Gasteiger partial charge on any atom is -0.480 e. The molecule has 1 rings (SSSR count). The molecular formula is C9H15NO4S.